The highest BCUT2D eigenvalue weighted by Gasteiger charge is 2.23. The monoisotopic (exact) mass is 288 g/mol. The van der Waals surface area contributed by atoms with Crippen molar-refractivity contribution in [3.63, 3.8) is 0 Å². The SMILES string of the molecule is N#Cc1ccc(N)c(N(N)S(=O)(=O)c2ccccc2)c1. The topological polar surface area (TPSA) is 113 Å². The summed E-state index contributed by atoms with van der Waals surface area (Å²) in [6.07, 6.45) is 0. The Morgan fingerprint density at radius 3 is 2.35 bits per heavy atom. The van der Waals surface area contributed by atoms with Crippen LogP contribution in [0.2, 0.25) is 0 Å². The highest BCUT2D eigenvalue weighted by molar-refractivity contribution is 7.92. The molecule has 2 aromatic carbocycles. The molecule has 0 spiro atoms. The molecular weight excluding hydrogens is 276 g/mol. The Balaban J connectivity index is 2.52. The lowest BCUT2D eigenvalue weighted by atomic mass is 10.2. The van der Waals surface area contributed by atoms with E-state index in [1.165, 1.54) is 30.3 Å². The third-order valence-corrected chi connectivity index (χ3v) is 4.28. The minimum Gasteiger partial charge on any atom is -0.397 e. The van der Waals surface area contributed by atoms with E-state index in [0.29, 0.717) is 4.41 Å². The predicted molar refractivity (Wildman–Crippen MR) is 75.9 cm³/mol. The normalized spacial score (nSPS) is 10.8. The van der Waals surface area contributed by atoms with Crippen LogP contribution in [0.1, 0.15) is 5.56 Å². The van der Waals surface area contributed by atoms with Gasteiger partial charge < -0.3 is 5.73 Å². The maximum Gasteiger partial charge on any atom is 0.277 e. The van der Waals surface area contributed by atoms with Crippen molar-refractivity contribution in [2.24, 2.45) is 5.84 Å². The number of sulfonamides is 1. The summed E-state index contributed by atoms with van der Waals surface area (Å²) in [5.74, 6) is 5.69. The van der Waals surface area contributed by atoms with Crippen molar-refractivity contribution in [3.8, 4) is 6.07 Å². The standard InChI is InChI=1S/C13H12N4O2S/c14-9-10-6-7-12(15)13(8-10)17(16)20(18,19)11-4-2-1-3-5-11/h1-8H,15-16H2. The van der Waals surface area contributed by atoms with Crippen molar-refractivity contribution in [2.45, 2.75) is 4.90 Å². The van der Waals surface area contributed by atoms with Crippen LogP contribution in [0.5, 0.6) is 0 Å². The number of nitriles is 1. The third-order valence-electron chi connectivity index (χ3n) is 2.70. The van der Waals surface area contributed by atoms with E-state index in [0.717, 1.165) is 0 Å². The third kappa shape index (κ3) is 2.42. The molecule has 0 bridgehead atoms. The first-order valence-electron chi connectivity index (χ1n) is 5.61. The largest absolute Gasteiger partial charge is 0.397 e. The Morgan fingerprint density at radius 1 is 1.10 bits per heavy atom. The van der Waals surface area contributed by atoms with E-state index in [1.807, 2.05) is 6.07 Å². The average molecular weight is 288 g/mol. The van der Waals surface area contributed by atoms with Crippen LogP contribution in [0.15, 0.2) is 53.4 Å². The van der Waals surface area contributed by atoms with Gasteiger partial charge in [-0.25, -0.2) is 5.84 Å². The van der Waals surface area contributed by atoms with Crippen LogP contribution in [0.25, 0.3) is 0 Å². The lowest BCUT2D eigenvalue weighted by Gasteiger charge is -2.20. The van der Waals surface area contributed by atoms with Gasteiger partial charge in [0.15, 0.2) is 0 Å². The number of nitrogens with two attached hydrogens (primary N) is 2. The molecule has 0 saturated heterocycles. The lowest BCUT2D eigenvalue weighted by molar-refractivity contribution is 0.592. The number of hydrogen-bond acceptors (Lipinski definition) is 5. The number of hydrogen-bond donors (Lipinski definition) is 2. The molecule has 4 N–H and O–H groups in total. The maximum atomic E-state index is 12.3. The first kappa shape index (κ1) is 13.9. The van der Waals surface area contributed by atoms with Gasteiger partial charge in [-0.3, -0.25) is 0 Å². The van der Waals surface area contributed by atoms with E-state index >= 15 is 0 Å². The highest BCUT2D eigenvalue weighted by Crippen LogP contribution is 2.27. The maximum absolute atomic E-state index is 12.3. The Morgan fingerprint density at radius 2 is 1.75 bits per heavy atom. The molecule has 6 nitrogen and oxygen atoms in total. The van der Waals surface area contributed by atoms with Crippen molar-refractivity contribution in [1.29, 1.82) is 5.26 Å². The number of anilines is 2. The number of nitrogens with zero attached hydrogens (tertiary/aromatic N) is 2. The van der Waals surface area contributed by atoms with Gasteiger partial charge in [-0.15, -0.1) is 0 Å². The van der Waals surface area contributed by atoms with Gasteiger partial charge in [-0.2, -0.15) is 18.1 Å². The van der Waals surface area contributed by atoms with E-state index < -0.39 is 10.0 Å². The first-order chi connectivity index (χ1) is 9.46. The van der Waals surface area contributed by atoms with Gasteiger partial charge in [0, 0.05) is 0 Å². The molecular formula is C13H12N4O2S. The summed E-state index contributed by atoms with van der Waals surface area (Å²) in [7, 11) is -3.92. The van der Waals surface area contributed by atoms with Crippen molar-refractivity contribution in [2.75, 3.05) is 10.1 Å². The molecule has 2 aromatic rings. The summed E-state index contributed by atoms with van der Waals surface area (Å²) in [5.41, 5.74) is 6.23. The van der Waals surface area contributed by atoms with Crippen LogP contribution in [-0.4, -0.2) is 8.42 Å². The van der Waals surface area contributed by atoms with Gasteiger partial charge in [-0.1, -0.05) is 18.2 Å². The molecule has 0 heterocycles. The second-order valence-corrected chi connectivity index (χ2v) is 5.81. The van der Waals surface area contributed by atoms with E-state index in [4.69, 9.17) is 16.8 Å². The fourth-order valence-corrected chi connectivity index (χ4v) is 2.78. The van der Waals surface area contributed by atoms with Crippen molar-refractivity contribution < 1.29 is 8.42 Å². The highest BCUT2D eigenvalue weighted by atomic mass is 32.2. The molecule has 0 radical (unpaired) electrons. The zero-order valence-electron chi connectivity index (χ0n) is 10.4. The number of hydrazine groups is 1. The molecule has 0 aliphatic rings. The molecule has 0 atom stereocenters. The van der Waals surface area contributed by atoms with Crippen LogP contribution in [0, 0.1) is 11.3 Å². The molecule has 0 unspecified atom stereocenters. The Labute approximate surface area is 116 Å². The molecule has 102 valence electrons. The Kier molecular flexibility index (Phi) is 3.61. The molecule has 0 aromatic heterocycles. The van der Waals surface area contributed by atoms with Crippen LogP contribution >= 0.6 is 0 Å². The molecule has 0 amide bonds. The fourth-order valence-electron chi connectivity index (χ4n) is 1.64. The summed E-state index contributed by atoms with van der Waals surface area (Å²) in [5, 5.41) is 8.85. The lowest BCUT2D eigenvalue weighted by Crippen LogP contribution is -2.38. The summed E-state index contributed by atoms with van der Waals surface area (Å²) >= 11 is 0. The second-order valence-electron chi connectivity index (χ2n) is 4.00. The zero-order chi connectivity index (χ0) is 14.8. The van der Waals surface area contributed by atoms with Crippen molar-refractivity contribution in [1.82, 2.24) is 0 Å². The number of rotatable bonds is 3. The Bertz CT molecular complexity index is 767. The first-order valence-corrected chi connectivity index (χ1v) is 7.05. The molecule has 0 aliphatic heterocycles. The van der Waals surface area contributed by atoms with E-state index in [-0.39, 0.29) is 21.8 Å². The molecule has 2 rings (SSSR count). The molecule has 0 saturated carbocycles. The van der Waals surface area contributed by atoms with Crippen LogP contribution in [0.3, 0.4) is 0 Å². The van der Waals surface area contributed by atoms with Gasteiger partial charge in [-0.05, 0) is 30.3 Å². The summed E-state index contributed by atoms with van der Waals surface area (Å²) in [4.78, 5) is 0.0456. The van der Waals surface area contributed by atoms with E-state index in [2.05, 4.69) is 0 Å². The van der Waals surface area contributed by atoms with Gasteiger partial charge in [0.05, 0.1) is 27.9 Å². The van der Waals surface area contributed by atoms with E-state index in [1.54, 1.807) is 18.2 Å². The van der Waals surface area contributed by atoms with Crippen LogP contribution in [0.4, 0.5) is 11.4 Å². The molecule has 0 aliphatic carbocycles. The zero-order valence-corrected chi connectivity index (χ0v) is 11.2. The summed E-state index contributed by atoms with van der Waals surface area (Å²) < 4.78 is 25.3. The van der Waals surface area contributed by atoms with E-state index in [9.17, 15) is 8.42 Å². The van der Waals surface area contributed by atoms with Gasteiger partial charge in [0.1, 0.15) is 0 Å². The molecule has 0 fully saturated rings. The van der Waals surface area contributed by atoms with Crippen molar-refractivity contribution in [3.05, 3.63) is 54.1 Å². The van der Waals surface area contributed by atoms with Gasteiger partial charge in [0.2, 0.25) is 0 Å². The smallest absolute Gasteiger partial charge is 0.277 e. The summed E-state index contributed by atoms with van der Waals surface area (Å²) in [6, 6.07) is 13.9. The fraction of sp³-hybridized carbons (Fsp3) is 0. The van der Waals surface area contributed by atoms with Gasteiger partial charge in [0.25, 0.3) is 10.0 Å². The van der Waals surface area contributed by atoms with Crippen molar-refractivity contribution >= 4 is 21.4 Å². The quantitative estimate of drug-likeness (QED) is 0.500. The minimum absolute atomic E-state index is 0.0456. The molecule has 20 heavy (non-hydrogen) atoms. The van der Waals surface area contributed by atoms with Crippen LogP contribution in [-0.2, 0) is 10.0 Å². The minimum atomic E-state index is -3.92. The van der Waals surface area contributed by atoms with Gasteiger partial charge >= 0.3 is 0 Å². The summed E-state index contributed by atoms with van der Waals surface area (Å²) in [6.45, 7) is 0. The predicted octanol–water partition coefficient (Wildman–Crippen LogP) is 1.21. The number of benzene rings is 2. The number of nitrogen functional groups attached to an aromatic ring is 1. The Hall–Kier alpha value is -2.56. The van der Waals surface area contributed by atoms with Crippen LogP contribution < -0.4 is 16.0 Å². The molecule has 7 heteroatoms. The average Bonchev–Trinajstić information content (AvgIpc) is 2.48. The second kappa shape index (κ2) is 5.21.